The molecule has 0 saturated carbocycles. The maximum atomic E-state index is 11.8. The van der Waals surface area contributed by atoms with Crippen LogP contribution in [-0.4, -0.2) is 30.7 Å². The summed E-state index contributed by atoms with van der Waals surface area (Å²) < 4.78 is 7.18. The quantitative estimate of drug-likeness (QED) is 0.444. The Morgan fingerprint density at radius 3 is 2.52 bits per heavy atom. The predicted molar refractivity (Wildman–Crippen MR) is 106 cm³/mol. The third-order valence-electron chi connectivity index (χ3n) is 3.07. The molecule has 1 aromatic carbocycles. The Balaban J connectivity index is 2.44. The van der Waals surface area contributed by atoms with E-state index in [1.807, 2.05) is 32.9 Å². The van der Waals surface area contributed by atoms with Crippen molar-refractivity contribution in [1.29, 1.82) is 0 Å². The van der Waals surface area contributed by atoms with E-state index in [4.69, 9.17) is 4.74 Å². The lowest BCUT2D eigenvalue weighted by molar-refractivity contribution is -0.123. The first-order chi connectivity index (χ1) is 11.7. The van der Waals surface area contributed by atoms with Gasteiger partial charge in [-0.05, 0) is 53.4 Å². The summed E-state index contributed by atoms with van der Waals surface area (Å²) in [5, 5.41) is 6.71. The Hall–Kier alpha value is -1.41. The lowest BCUT2D eigenvalue weighted by Crippen LogP contribution is -2.30. The number of halogens is 2. The number of nitrogens with one attached hydrogen (secondary N) is 2. The van der Waals surface area contributed by atoms with Gasteiger partial charge in [0.25, 0.3) is 5.91 Å². The van der Waals surface area contributed by atoms with E-state index < -0.39 is 5.91 Å². The van der Waals surface area contributed by atoms with Crippen LogP contribution in [-0.2, 0) is 9.59 Å². The zero-order valence-electron chi connectivity index (χ0n) is 14.8. The van der Waals surface area contributed by atoms with Gasteiger partial charge in [-0.15, -0.1) is 0 Å². The number of benzene rings is 1. The summed E-state index contributed by atoms with van der Waals surface area (Å²) in [5.41, 5.74) is 3.91. The van der Waals surface area contributed by atoms with Gasteiger partial charge in [-0.2, -0.15) is 5.10 Å². The van der Waals surface area contributed by atoms with Crippen LogP contribution < -0.4 is 15.5 Å². The maximum Gasteiger partial charge on any atom is 0.277 e. The molecule has 0 aliphatic heterocycles. The molecule has 0 aliphatic carbocycles. The Morgan fingerprint density at radius 2 is 1.88 bits per heavy atom. The normalized spacial score (nSPS) is 11.4. The average molecular weight is 477 g/mol. The Kier molecular flexibility index (Phi) is 9.13. The average Bonchev–Trinajstić information content (AvgIpc) is 2.53. The first kappa shape index (κ1) is 21.6. The van der Waals surface area contributed by atoms with Gasteiger partial charge >= 0.3 is 0 Å². The van der Waals surface area contributed by atoms with Crippen LogP contribution in [0.3, 0.4) is 0 Å². The van der Waals surface area contributed by atoms with Crippen LogP contribution in [0.15, 0.2) is 26.2 Å². The summed E-state index contributed by atoms with van der Waals surface area (Å²) in [6.45, 7) is 8.11. The molecule has 1 aromatic rings. The van der Waals surface area contributed by atoms with Crippen molar-refractivity contribution in [2.75, 3.05) is 13.2 Å². The molecule has 138 valence electrons. The summed E-state index contributed by atoms with van der Waals surface area (Å²) in [4.78, 5) is 23.5. The largest absolute Gasteiger partial charge is 0.483 e. The molecule has 0 aromatic heterocycles. The first-order valence-electron chi connectivity index (χ1n) is 7.86. The second-order valence-corrected chi connectivity index (χ2v) is 7.79. The van der Waals surface area contributed by atoms with Crippen LogP contribution in [0.4, 0.5) is 0 Å². The van der Waals surface area contributed by atoms with Crippen molar-refractivity contribution in [3.8, 4) is 5.75 Å². The zero-order valence-corrected chi connectivity index (χ0v) is 18.0. The summed E-state index contributed by atoms with van der Waals surface area (Å²) in [5.74, 6) is 0.452. The molecule has 0 spiro atoms. The number of nitrogens with zero attached hydrogens (tertiary/aromatic N) is 1. The summed E-state index contributed by atoms with van der Waals surface area (Å²) in [6.07, 6.45) is 0.144. The van der Waals surface area contributed by atoms with Gasteiger partial charge in [0, 0.05) is 16.7 Å². The number of rotatable bonds is 8. The molecule has 0 radical (unpaired) electrons. The van der Waals surface area contributed by atoms with Gasteiger partial charge < -0.3 is 10.1 Å². The number of amides is 2. The second kappa shape index (κ2) is 10.6. The number of carbonyl (C=O) groups excluding carboxylic acids is 2. The van der Waals surface area contributed by atoms with E-state index in [1.54, 1.807) is 6.92 Å². The molecule has 0 unspecified atom stereocenters. The first-order valence-corrected chi connectivity index (χ1v) is 9.44. The number of ether oxygens (including phenoxy) is 1. The van der Waals surface area contributed by atoms with Crippen LogP contribution in [0.25, 0.3) is 0 Å². The lowest BCUT2D eigenvalue weighted by atomic mass is 10.2. The number of hydrogen-bond acceptors (Lipinski definition) is 4. The van der Waals surface area contributed by atoms with Crippen LogP contribution in [0.5, 0.6) is 5.75 Å². The van der Waals surface area contributed by atoms with E-state index in [0.717, 1.165) is 14.5 Å². The fraction of sp³-hybridized carbons (Fsp3) is 0.471. The minimum absolute atomic E-state index is 0.116. The van der Waals surface area contributed by atoms with Crippen LogP contribution in [0.1, 0.15) is 32.8 Å². The molecule has 0 bridgehead atoms. The minimum Gasteiger partial charge on any atom is -0.483 e. The highest BCUT2D eigenvalue weighted by molar-refractivity contribution is 9.11. The molecule has 0 saturated heterocycles. The zero-order chi connectivity index (χ0) is 19.0. The topological polar surface area (TPSA) is 79.8 Å². The number of carbonyl (C=O) groups is 2. The van der Waals surface area contributed by atoms with Crippen molar-refractivity contribution in [3.63, 3.8) is 0 Å². The van der Waals surface area contributed by atoms with Gasteiger partial charge in [0.2, 0.25) is 5.91 Å². The molecule has 2 N–H and O–H groups in total. The molecular formula is C17H23Br2N3O3. The third-order valence-corrected chi connectivity index (χ3v) is 4.54. The van der Waals surface area contributed by atoms with E-state index >= 15 is 0 Å². The van der Waals surface area contributed by atoms with Gasteiger partial charge in [-0.25, -0.2) is 5.43 Å². The highest BCUT2D eigenvalue weighted by Crippen LogP contribution is 2.31. The SMILES string of the molecule is C/C(CC(=O)NCC(C)C)=N/NC(=O)COc1cc(C)c(Br)cc1Br. The predicted octanol–water partition coefficient (Wildman–Crippen LogP) is 3.55. The van der Waals surface area contributed by atoms with Crippen molar-refractivity contribution < 1.29 is 14.3 Å². The highest BCUT2D eigenvalue weighted by Gasteiger charge is 2.09. The van der Waals surface area contributed by atoms with Gasteiger partial charge in [0.05, 0.1) is 10.9 Å². The standard InChI is InChI=1S/C17H23Br2N3O3/c1-10(2)8-20-16(23)6-12(4)21-22-17(24)9-25-15-5-11(3)13(18)7-14(15)19/h5,7,10H,6,8-9H2,1-4H3,(H,20,23)(H,22,24)/b21-12-. The summed E-state index contributed by atoms with van der Waals surface area (Å²) >= 11 is 6.81. The van der Waals surface area contributed by atoms with Gasteiger partial charge in [0.15, 0.2) is 6.61 Å². The molecular weight excluding hydrogens is 454 g/mol. The number of hydrazone groups is 1. The summed E-state index contributed by atoms with van der Waals surface area (Å²) in [6, 6.07) is 3.69. The fourth-order valence-corrected chi connectivity index (χ4v) is 2.84. The van der Waals surface area contributed by atoms with Crippen LogP contribution in [0, 0.1) is 12.8 Å². The Labute approximate surface area is 165 Å². The van der Waals surface area contributed by atoms with Crippen molar-refractivity contribution >= 4 is 49.4 Å². The molecule has 0 aliphatic rings. The second-order valence-electron chi connectivity index (χ2n) is 6.08. The Morgan fingerprint density at radius 1 is 1.20 bits per heavy atom. The fourth-order valence-electron chi connectivity index (χ4n) is 1.73. The smallest absolute Gasteiger partial charge is 0.277 e. The van der Waals surface area contributed by atoms with E-state index in [9.17, 15) is 9.59 Å². The molecule has 1 rings (SSSR count). The lowest BCUT2D eigenvalue weighted by Gasteiger charge is -2.10. The molecule has 0 atom stereocenters. The van der Waals surface area contributed by atoms with Crippen LogP contribution in [0.2, 0.25) is 0 Å². The Bertz CT molecular complexity index is 661. The van der Waals surface area contributed by atoms with Crippen LogP contribution >= 0.6 is 31.9 Å². The van der Waals surface area contributed by atoms with Crippen molar-refractivity contribution in [2.45, 2.75) is 34.1 Å². The minimum atomic E-state index is -0.394. The summed E-state index contributed by atoms with van der Waals surface area (Å²) in [7, 11) is 0. The molecule has 0 heterocycles. The van der Waals surface area contributed by atoms with Crippen molar-refractivity contribution in [3.05, 3.63) is 26.6 Å². The number of aryl methyl sites for hydroxylation is 1. The monoisotopic (exact) mass is 475 g/mol. The van der Waals surface area contributed by atoms with Gasteiger partial charge in [-0.1, -0.05) is 29.8 Å². The van der Waals surface area contributed by atoms with E-state index in [-0.39, 0.29) is 18.9 Å². The third kappa shape index (κ3) is 8.49. The van der Waals surface area contributed by atoms with E-state index in [0.29, 0.717) is 23.9 Å². The molecule has 6 nitrogen and oxygen atoms in total. The van der Waals surface area contributed by atoms with Crippen molar-refractivity contribution in [1.82, 2.24) is 10.7 Å². The molecule has 25 heavy (non-hydrogen) atoms. The van der Waals surface area contributed by atoms with Gasteiger partial charge in [-0.3, -0.25) is 9.59 Å². The number of hydrogen-bond donors (Lipinski definition) is 2. The van der Waals surface area contributed by atoms with Crippen molar-refractivity contribution in [2.24, 2.45) is 11.0 Å². The highest BCUT2D eigenvalue weighted by atomic mass is 79.9. The van der Waals surface area contributed by atoms with Gasteiger partial charge in [0.1, 0.15) is 5.75 Å². The molecule has 0 fully saturated rings. The maximum absolute atomic E-state index is 11.8. The molecule has 2 amide bonds. The molecule has 8 heteroatoms. The van der Waals surface area contributed by atoms with E-state index in [1.165, 1.54) is 0 Å². The van der Waals surface area contributed by atoms with E-state index in [2.05, 4.69) is 47.7 Å².